The second-order valence-corrected chi connectivity index (χ2v) is 8.74. The Bertz CT molecular complexity index is 429. The normalized spacial score (nSPS) is 12.6. The van der Waals surface area contributed by atoms with Gasteiger partial charge in [-0.25, -0.2) is 8.42 Å². The molecule has 0 saturated carbocycles. The van der Waals surface area contributed by atoms with E-state index >= 15 is 0 Å². The van der Waals surface area contributed by atoms with Crippen molar-refractivity contribution >= 4 is 15.9 Å². The molecule has 0 aliphatic carbocycles. The fraction of sp³-hybridized carbons (Fsp3) is 0.947. The van der Waals surface area contributed by atoms with E-state index in [0.717, 1.165) is 19.3 Å². The summed E-state index contributed by atoms with van der Waals surface area (Å²) in [6, 6.07) is 0. The molecule has 0 saturated heterocycles. The van der Waals surface area contributed by atoms with Gasteiger partial charge in [-0.05, 0) is 6.42 Å². The van der Waals surface area contributed by atoms with Gasteiger partial charge < -0.3 is 10.3 Å². The van der Waals surface area contributed by atoms with Gasteiger partial charge in [0.25, 0.3) is 0 Å². The first kappa shape index (κ1) is 28.7. The summed E-state index contributed by atoms with van der Waals surface area (Å²) in [7, 11) is -4.46. The molecule has 0 aromatic heterocycles. The number of ketones is 1. The number of unbranched alkanes of at least 4 members (excludes halogenated alkanes) is 12. The van der Waals surface area contributed by atoms with Crippen molar-refractivity contribution in [2.24, 2.45) is 5.73 Å². The van der Waals surface area contributed by atoms with Gasteiger partial charge in [-0.1, -0.05) is 84.0 Å². The molecule has 0 aromatic carbocycles. The van der Waals surface area contributed by atoms with Crippen LogP contribution >= 0.6 is 0 Å². The molecule has 0 fully saturated rings. The van der Waals surface area contributed by atoms with E-state index in [4.69, 9.17) is 5.73 Å². The Morgan fingerprint density at radius 3 is 1.58 bits per heavy atom. The van der Waals surface area contributed by atoms with Gasteiger partial charge in [0.15, 0.2) is 0 Å². The van der Waals surface area contributed by atoms with Gasteiger partial charge in [0.05, 0.1) is 15.4 Å². The van der Waals surface area contributed by atoms with Gasteiger partial charge in [-0.3, -0.25) is 4.79 Å². The third-order valence-electron chi connectivity index (χ3n) is 4.69. The predicted octanol–water partition coefficient (Wildman–Crippen LogP) is 1.30. The smallest absolute Gasteiger partial charge is 0.748 e. The van der Waals surface area contributed by atoms with Crippen LogP contribution < -0.4 is 35.3 Å². The summed E-state index contributed by atoms with van der Waals surface area (Å²) in [6.45, 7) is 1.96. The molecular weight excluding hydrogens is 361 g/mol. The number of rotatable bonds is 18. The van der Waals surface area contributed by atoms with Crippen LogP contribution in [0.15, 0.2) is 0 Å². The Morgan fingerprint density at radius 1 is 0.846 bits per heavy atom. The fourth-order valence-corrected chi connectivity index (χ4v) is 3.62. The number of carbonyl (C=O) groups is 1. The van der Waals surface area contributed by atoms with Crippen molar-refractivity contribution in [3.8, 4) is 0 Å². The molecule has 150 valence electrons. The molecule has 1 unspecified atom stereocenters. The van der Waals surface area contributed by atoms with Crippen molar-refractivity contribution in [3.63, 3.8) is 0 Å². The quantitative estimate of drug-likeness (QED) is 0.213. The van der Waals surface area contributed by atoms with Crippen molar-refractivity contribution in [3.05, 3.63) is 0 Å². The minimum atomic E-state index is -4.46. The summed E-state index contributed by atoms with van der Waals surface area (Å²) >= 11 is 0. The molecule has 0 spiro atoms. The Labute approximate surface area is 183 Å². The number of hydrogen-bond acceptors (Lipinski definition) is 5. The zero-order valence-electron chi connectivity index (χ0n) is 17.0. The van der Waals surface area contributed by atoms with Crippen LogP contribution in [0.2, 0.25) is 0 Å². The Hall–Kier alpha value is 0.540. The second-order valence-electron chi connectivity index (χ2n) is 7.09. The summed E-state index contributed by atoms with van der Waals surface area (Å²) in [5.74, 6) is -0.169. The molecule has 2 N–H and O–H groups in total. The SMILES string of the molecule is CCCCCCCCCCCCCCCC(=O)CC(CN)S(=O)(=O)[O-].[Na+]. The van der Waals surface area contributed by atoms with Crippen LogP contribution in [0.3, 0.4) is 0 Å². The van der Waals surface area contributed by atoms with Gasteiger partial charge in [0.1, 0.15) is 5.78 Å². The Balaban J connectivity index is 0. The topological polar surface area (TPSA) is 100 Å². The van der Waals surface area contributed by atoms with E-state index < -0.39 is 15.4 Å². The van der Waals surface area contributed by atoms with E-state index in [1.807, 2.05) is 0 Å². The van der Waals surface area contributed by atoms with Crippen molar-refractivity contribution in [2.45, 2.75) is 108 Å². The molecular formula is C19H38NNaO4S. The monoisotopic (exact) mass is 399 g/mol. The molecule has 1 atom stereocenters. The first-order valence-electron chi connectivity index (χ1n) is 10.1. The van der Waals surface area contributed by atoms with Crippen LogP contribution in [-0.4, -0.2) is 30.5 Å². The number of nitrogens with two attached hydrogens (primary N) is 1. The van der Waals surface area contributed by atoms with Crippen LogP contribution in [0.5, 0.6) is 0 Å². The predicted molar refractivity (Wildman–Crippen MR) is 102 cm³/mol. The Kier molecular flexibility index (Phi) is 20.9. The van der Waals surface area contributed by atoms with Crippen LogP contribution in [-0.2, 0) is 14.9 Å². The number of Topliss-reactive ketones (excluding diaryl/α,β-unsaturated/α-hetero) is 1. The summed E-state index contributed by atoms with van der Waals surface area (Å²) < 4.78 is 32.7. The summed E-state index contributed by atoms with van der Waals surface area (Å²) in [6.07, 6.45) is 16.2. The van der Waals surface area contributed by atoms with Crippen molar-refractivity contribution in [1.29, 1.82) is 0 Å². The largest absolute Gasteiger partial charge is 1.00 e. The fourth-order valence-electron chi connectivity index (χ4n) is 3.00. The van der Waals surface area contributed by atoms with Crippen LogP contribution in [0.4, 0.5) is 0 Å². The van der Waals surface area contributed by atoms with Crippen molar-refractivity contribution in [2.75, 3.05) is 6.54 Å². The third kappa shape index (κ3) is 17.9. The molecule has 0 radical (unpaired) electrons. The van der Waals surface area contributed by atoms with E-state index in [9.17, 15) is 17.8 Å². The van der Waals surface area contributed by atoms with Crippen LogP contribution in [0.1, 0.15) is 103 Å². The molecule has 0 aliphatic rings. The molecule has 0 heterocycles. The van der Waals surface area contributed by atoms with E-state index in [-0.39, 0.29) is 48.3 Å². The summed E-state index contributed by atoms with van der Waals surface area (Å²) in [4.78, 5) is 11.7. The van der Waals surface area contributed by atoms with Crippen molar-refractivity contribution in [1.82, 2.24) is 0 Å². The van der Waals surface area contributed by atoms with E-state index in [0.29, 0.717) is 6.42 Å². The average Bonchev–Trinajstić information content (AvgIpc) is 2.55. The molecule has 0 aromatic rings. The zero-order chi connectivity index (χ0) is 19.0. The minimum absolute atomic E-state index is 0. The van der Waals surface area contributed by atoms with Gasteiger partial charge in [0, 0.05) is 19.4 Å². The van der Waals surface area contributed by atoms with Gasteiger partial charge in [-0.2, -0.15) is 0 Å². The van der Waals surface area contributed by atoms with E-state index in [1.165, 1.54) is 64.2 Å². The number of carbonyl (C=O) groups excluding carboxylic acids is 1. The average molecular weight is 400 g/mol. The maximum Gasteiger partial charge on any atom is 1.00 e. The number of hydrogen-bond donors (Lipinski definition) is 1. The van der Waals surface area contributed by atoms with Gasteiger partial charge >= 0.3 is 29.6 Å². The van der Waals surface area contributed by atoms with E-state index in [1.54, 1.807) is 0 Å². The minimum Gasteiger partial charge on any atom is -0.748 e. The maximum atomic E-state index is 11.7. The molecule has 0 rings (SSSR count). The van der Waals surface area contributed by atoms with Crippen molar-refractivity contribution < 1.29 is 47.3 Å². The van der Waals surface area contributed by atoms with Gasteiger partial charge in [-0.15, -0.1) is 0 Å². The molecule has 0 aliphatic heterocycles. The molecule has 0 bridgehead atoms. The molecule has 26 heavy (non-hydrogen) atoms. The third-order valence-corrected chi connectivity index (χ3v) is 5.86. The van der Waals surface area contributed by atoms with E-state index in [2.05, 4.69) is 6.92 Å². The van der Waals surface area contributed by atoms with Crippen LogP contribution in [0.25, 0.3) is 0 Å². The standard InChI is InChI=1S/C19H39NO4S.Na/c1-2-3-4-5-6-7-8-9-10-11-12-13-14-15-18(21)16-19(17-20)25(22,23)24;/h19H,2-17,20H2,1H3,(H,22,23,24);/q;+1/p-1. The second kappa shape index (κ2) is 18.9. The van der Waals surface area contributed by atoms with Crippen LogP contribution in [0, 0.1) is 0 Å². The Morgan fingerprint density at radius 2 is 1.23 bits per heavy atom. The maximum absolute atomic E-state index is 11.7. The first-order valence-corrected chi connectivity index (χ1v) is 11.6. The zero-order valence-corrected chi connectivity index (χ0v) is 19.8. The molecule has 5 nitrogen and oxygen atoms in total. The molecule has 7 heteroatoms. The summed E-state index contributed by atoms with van der Waals surface area (Å²) in [5.41, 5.74) is 5.25. The first-order chi connectivity index (χ1) is 11.9. The molecule has 0 amide bonds. The van der Waals surface area contributed by atoms with Gasteiger partial charge in [0.2, 0.25) is 0 Å². The summed E-state index contributed by atoms with van der Waals surface area (Å²) in [5, 5.41) is -1.26.